The van der Waals surface area contributed by atoms with Crippen molar-refractivity contribution in [3.05, 3.63) is 33.8 Å². The SMILES string of the molecule is O=C(c1cc(Cl)cc(Cl)c1)N(CCCl)C1CCCC1. The van der Waals surface area contributed by atoms with Gasteiger partial charge in [-0.05, 0) is 31.0 Å². The van der Waals surface area contributed by atoms with Gasteiger partial charge in [0.15, 0.2) is 0 Å². The molecule has 2 rings (SSSR count). The van der Waals surface area contributed by atoms with E-state index >= 15 is 0 Å². The molecule has 1 fully saturated rings. The van der Waals surface area contributed by atoms with Crippen LogP contribution in [0.3, 0.4) is 0 Å². The summed E-state index contributed by atoms with van der Waals surface area (Å²) in [5.74, 6) is 0.410. The fraction of sp³-hybridized carbons (Fsp3) is 0.500. The van der Waals surface area contributed by atoms with Crippen molar-refractivity contribution in [2.45, 2.75) is 31.7 Å². The molecule has 5 heteroatoms. The zero-order chi connectivity index (χ0) is 13.8. The van der Waals surface area contributed by atoms with Crippen molar-refractivity contribution in [2.24, 2.45) is 0 Å². The van der Waals surface area contributed by atoms with Crippen molar-refractivity contribution < 1.29 is 4.79 Å². The van der Waals surface area contributed by atoms with Crippen LogP contribution >= 0.6 is 34.8 Å². The van der Waals surface area contributed by atoms with E-state index in [0.717, 1.165) is 12.8 Å². The number of halogens is 3. The zero-order valence-electron chi connectivity index (χ0n) is 10.5. The van der Waals surface area contributed by atoms with Gasteiger partial charge in [-0.3, -0.25) is 4.79 Å². The van der Waals surface area contributed by atoms with E-state index in [-0.39, 0.29) is 5.91 Å². The van der Waals surface area contributed by atoms with Crippen LogP contribution in [0.2, 0.25) is 10.0 Å². The predicted molar refractivity (Wildman–Crippen MR) is 80.5 cm³/mol. The Morgan fingerprint density at radius 2 is 1.74 bits per heavy atom. The Bertz CT molecular complexity index is 438. The lowest BCUT2D eigenvalue weighted by atomic mass is 10.1. The Kier molecular flexibility index (Phi) is 5.37. The summed E-state index contributed by atoms with van der Waals surface area (Å²) >= 11 is 17.7. The number of alkyl halides is 1. The van der Waals surface area contributed by atoms with Crippen molar-refractivity contribution in [3.63, 3.8) is 0 Å². The van der Waals surface area contributed by atoms with Crippen LogP contribution in [-0.4, -0.2) is 29.3 Å². The van der Waals surface area contributed by atoms with Gasteiger partial charge >= 0.3 is 0 Å². The van der Waals surface area contributed by atoms with Gasteiger partial charge in [-0.25, -0.2) is 0 Å². The average molecular weight is 321 g/mol. The molecule has 1 aliphatic carbocycles. The second-order valence-corrected chi connectivity index (χ2v) is 6.03. The third kappa shape index (κ3) is 3.77. The molecule has 19 heavy (non-hydrogen) atoms. The van der Waals surface area contributed by atoms with E-state index in [1.54, 1.807) is 18.2 Å². The molecule has 0 N–H and O–H groups in total. The number of hydrogen-bond donors (Lipinski definition) is 0. The van der Waals surface area contributed by atoms with Crippen molar-refractivity contribution in [1.82, 2.24) is 4.90 Å². The first kappa shape index (κ1) is 15.0. The fourth-order valence-electron chi connectivity index (χ4n) is 2.60. The van der Waals surface area contributed by atoms with E-state index in [1.165, 1.54) is 12.8 Å². The van der Waals surface area contributed by atoms with Crippen molar-refractivity contribution in [1.29, 1.82) is 0 Å². The number of rotatable bonds is 4. The highest BCUT2D eigenvalue weighted by Gasteiger charge is 2.27. The highest BCUT2D eigenvalue weighted by molar-refractivity contribution is 6.35. The predicted octanol–water partition coefficient (Wildman–Crippen LogP) is 4.62. The smallest absolute Gasteiger partial charge is 0.254 e. The van der Waals surface area contributed by atoms with E-state index in [1.807, 2.05) is 4.90 Å². The second-order valence-electron chi connectivity index (χ2n) is 4.78. The molecule has 0 aromatic heterocycles. The van der Waals surface area contributed by atoms with Gasteiger partial charge in [-0.2, -0.15) is 0 Å². The topological polar surface area (TPSA) is 20.3 Å². The molecule has 104 valence electrons. The number of nitrogens with zero attached hydrogens (tertiary/aromatic N) is 1. The summed E-state index contributed by atoms with van der Waals surface area (Å²) in [4.78, 5) is 14.4. The lowest BCUT2D eigenvalue weighted by molar-refractivity contribution is 0.0695. The largest absolute Gasteiger partial charge is 0.334 e. The molecule has 0 radical (unpaired) electrons. The molecular formula is C14H16Cl3NO. The van der Waals surface area contributed by atoms with Crippen LogP contribution in [-0.2, 0) is 0 Å². The standard InChI is InChI=1S/C14H16Cl3NO/c15-5-6-18(13-3-1-2-4-13)14(19)10-7-11(16)9-12(17)8-10/h7-9,13H,1-6H2. The van der Waals surface area contributed by atoms with E-state index in [0.29, 0.717) is 34.1 Å². The number of carbonyl (C=O) groups is 1. The molecule has 1 saturated carbocycles. The molecule has 1 aromatic rings. The first-order chi connectivity index (χ1) is 9.11. The molecule has 0 unspecified atom stereocenters. The molecule has 0 saturated heterocycles. The van der Waals surface area contributed by atoms with Crippen LogP contribution in [0.1, 0.15) is 36.0 Å². The van der Waals surface area contributed by atoms with Crippen LogP contribution in [0.5, 0.6) is 0 Å². The summed E-state index contributed by atoms with van der Waals surface area (Å²) in [6.45, 7) is 0.565. The summed E-state index contributed by atoms with van der Waals surface area (Å²) in [7, 11) is 0. The van der Waals surface area contributed by atoms with Gasteiger partial charge in [0.05, 0.1) is 0 Å². The quantitative estimate of drug-likeness (QED) is 0.741. The van der Waals surface area contributed by atoms with Crippen LogP contribution in [0.15, 0.2) is 18.2 Å². The molecule has 0 bridgehead atoms. The van der Waals surface area contributed by atoms with Gasteiger partial charge < -0.3 is 4.90 Å². The van der Waals surface area contributed by atoms with Crippen molar-refractivity contribution >= 4 is 40.7 Å². The van der Waals surface area contributed by atoms with Crippen molar-refractivity contribution in [2.75, 3.05) is 12.4 Å². The third-order valence-electron chi connectivity index (χ3n) is 3.46. The molecule has 0 heterocycles. The maximum atomic E-state index is 12.6. The van der Waals surface area contributed by atoms with E-state index < -0.39 is 0 Å². The van der Waals surface area contributed by atoms with Crippen LogP contribution < -0.4 is 0 Å². The maximum absolute atomic E-state index is 12.6. The van der Waals surface area contributed by atoms with Gasteiger partial charge in [0.1, 0.15) is 0 Å². The Morgan fingerprint density at radius 1 is 1.16 bits per heavy atom. The van der Waals surface area contributed by atoms with Gasteiger partial charge in [-0.1, -0.05) is 36.0 Å². The van der Waals surface area contributed by atoms with E-state index in [4.69, 9.17) is 34.8 Å². The summed E-state index contributed by atoms with van der Waals surface area (Å²) < 4.78 is 0. The second kappa shape index (κ2) is 6.83. The van der Waals surface area contributed by atoms with Gasteiger partial charge in [0, 0.05) is 34.1 Å². The lowest BCUT2D eigenvalue weighted by Gasteiger charge is -2.28. The molecule has 1 aliphatic rings. The minimum absolute atomic E-state index is 0.0306. The Labute approximate surface area is 128 Å². The normalized spacial score (nSPS) is 15.7. The van der Waals surface area contributed by atoms with Crippen LogP contribution in [0.25, 0.3) is 0 Å². The maximum Gasteiger partial charge on any atom is 0.254 e. The van der Waals surface area contributed by atoms with Crippen molar-refractivity contribution in [3.8, 4) is 0 Å². The molecule has 1 amide bonds. The first-order valence-corrected chi connectivity index (χ1v) is 7.74. The molecule has 0 atom stereocenters. The first-order valence-electron chi connectivity index (χ1n) is 6.45. The summed E-state index contributed by atoms with van der Waals surface area (Å²) in [6, 6.07) is 5.24. The lowest BCUT2D eigenvalue weighted by Crippen LogP contribution is -2.40. The Hall–Kier alpha value is -0.440. The third-order valence-corrected chi connectivity index (χ3v) is 4.07. The number of hydrogen-bond acceptors (Lipinski definition) is 1. The van der Waals surface area contributed by atoms with Gasteiger partial charge in [0.2, 0.25) is 0 Å². The van der Waals surface area contributed by atoms with E-state index in [9.17, 15) is 4.79 Å². The summed E-state index contributed by atoms with van der Waals surface area (Å²) in [6.07, 6.45) is 4.45. The zero-order valence-corrected chi connectivity index (χ0v) is 12.8. The number of carbonyl (C=O) groups excluding carboxylic acids is 1. The minimum atomic E-state index is -0.0306. The molecule has 1 aromatic carbocycles. The van der Waals surface area contributed by atoms with Crippen LogP contribution in [0.4, 0.5) is 0 Å². The van der Waals surface area contributed by atoms with Gasteiger partial charge in [-0.15, -0.1) is 11.6 Å². The molecule has 2 nitrogen and oxygen atoms in total. The minimum Gasteiger partial charge on any atom is -0.334 e. The molecule has 0 spiro atoms. The van der Waals surface area contributed by atoms with Crippen LogP contribution in [0, 0.1) is 0 Å². The molecule has 0 aliphatic heterocycles. The van der Waals surface area contributed by atoms with E-state index in [2.05, 4.69) is 0 Å². The van der Waals surface area contributed by atoms with Gasteiger partial charge in [0.25, 0.3) is 5.91 Å². The summed E-state index contributed by atoms with van der Waals surface area (Å²) in [5, 5.41) is 0.959. The highest BCUT2D eigenvalue weighted by atomic mass is 35.5. The number of amides is 1. The average Bonchev–Trinajstić information content (AvgIpc) is 2.87. The summed E-state index contributed by atoms with van der Waals surface area (Å²) in [5.41, 5.74) is 0.537. The number of benzene rings is 1. The monoisotopic (exact) mass is 319 g/mol. The highest BCUT2D eigenvalue weighted by Crippen LogP contribution is 2.26. The Morgan fingerprint density at radius 3 is 2.26 bits per heavy atom. The fourth-order valence-corrected chi connectivity index (χ4v) is 3.31. The molecular weight excluding hydrogens is 305 g/mol. The Balaban J connectivity index is 2.22.